The second-order valence-electron chi connectivity index (χ2n) is 5.36. The normalized spacial score (nSPS) is 16.9. The molecule has 1 aliphatic heterocycles. The molecule has 1 aliphatic rings. The molecule has 2 heterocycles. The number of rotatable bonds is 6. The number of aromatic nitrogens is 1. The molecule has 1 N–H and O–H groups in total. The molecule has 0 fully saturated rings. The van der Waals surface area contributed by atoms with Gasteiger partial charge in [0.05, 0.1) is 19.2 Å². The number of aliphatic hydroxyl groups is 1. The zero-order chi connectivity index (χ0) is 17.0. The second kappa shape index (κ2) is 7.18. The minimum absolute atomic E-state index is 0.00923. The number of hydrogen-bond donors (Lipinski definition) is 1. The second-order valence-corrected chi connectivity index (χ2v) is 5.36. The van der Waals surface area contributed by atoms with Gasteiger partial charge in [-0.25, -0.2) is 9.99 Å². The van der Waals surface area contributed by atoms with E-state index in [0.717, 1.165) is 5.56 Å². The van der Waals surface area contributed by atoms with Crippen LogP contribution in [0.25, 0.3) is 0 Å². The summed E-state index contributed by atoms with van der Waals surface area (Å²) in [4.78, 5) is 4.01. The molecule has 1 unspecified atom stereocenters. The highest BCUT2D eigenvalue weighted by Crippen LogP contribution is 2.27. The number of aryl methyl sites for hydroxylation is 1. The van der Waals surface area contributed by atoms with Crippen molar-refractivity contribution in [3.05, 3.63) is 35.7 Å². The largest absolute Gasteiger partial charge is 0.468 e. The van der Waals surface area contributed by atoms with E-state index in [1.165, 1.54) is 6.20 Å². The molecule has 1 aromatic heterocycles. The number of pyridine rings is 1. The molecular weight excluding hydrogens is 311 g/mol. The predicted octanol–water partition coefficient (Wildman–Crippen LogP) is 2.43. The molecule has 0 amide bonds. The fourth-order valence-corrected chi connectivity index (χ4v) is 2.44. The van der Waals surface area contributed by atoms with Gasteiger partial charge in [-0.15, -0.1) is 0 Å². The Morgan fingerprint density at radius 3 is 2.78 bits per heavy atom. The minimum atomic E-state index is -4.38. The van der Waals surface area contributed by atoms with Crippen molar-refractivity contribution in [3.8, 4) is 5.88 Å². The molecule has 5 nitrogen and oxygen atoms in total. The highest BCUT2D eigenvalue weighted by Gasteiger charge is 2.29. The van der Waals surface area contributed by atoms with Gasteiger partial charge in [-0.3, -0.25) is 0 Å². The number of ether oxygens (including phenoxy) is 1. The van der Waals surface area contributed by atoms with Crippen molar-refractivity contribution < 1.29 is 23.0 Å². The topological polar surface area (TPSA) is 48.8 Å². The predicted molar refractivity (Wildman–Crippen MR) is 78.6 cm³/mol. The van der Waals surface area contributed by atoms with Gasteiger partial charge in [0.25, 0.3) is 0 Å². The van der Waals surface area contributed by atoms with Crippen LogP contribution in [0.2, 0.25) is 0 Å². The van der Waals surface area contributed by atoms with Crippen LogP contribution in [0.1, 0.15) is 24.1 Å². The van der Waals surface area contributed by atoms with Crippen LogP contribution in [0, 0.1) is 6.92 Å². The Morgan fingerprint density at radius 2 is 2.17 bits per heavy atom. The molecule has 8 heteroatoms. The first kappa shape index (κ1) is 17.6. The molecule has 23 heavy (non-hydrogen) atoms. The third-order valence-electron chi connectivity index (χ3n) is 3.58. The zero-order valence-corrected chi connectivity index (χ0v) is 13.0. The number of halogens is 3. The molecule has 128 valence electrons. The highest BCUT2D eigenvalue weighted by molar-refractivity contribution is 5.30. The summed E-state index contributed by atoms with van der Waals surface area (Å²) in [6.45, 7) is 3.52. The summed E-state index contributed by atoms with van der Waals surface area (Å²) in [6.07, 6.45) is 1.02. The Morgan fingerprint density at radius 1 is 1.43 bits per heavy atom. The maximum absolute atomic E-state index is 12.2. The Bertz CT molecular complexity index is 563. The van der Waals surface area contributed by atoms with E-state index in [4.69, 9.17) is 9.84 Å². The molecule has 0 saturated heterocycles. The summed E-state index contributed by atoms with van der Waals surface area (Å²) in [7, 11) is 0. The summed E-state index contributed by atoms with van der Waals surface area (Å²) >= 11 is 0. The van der Waals surface area contributed by atoms with Crippen LogP contribution in [-0.4, -0.2) is 52.6 Å². The smallest absolute Gasteiger partial charge is 0.422 e. The molecule has 1 aromatic rings. The number of hydrogen-bond acceptors (Lipinski definition) is 5. The van der Waals surface area contributed by atoms with E-state index < -0.39 is 12.8 Å². The maximum Gasteiger partial charge on any atom is 0.422 e. The molecule has 2 rings (SSSR count). The zero-order valence-electron chi connectivity index (χ0n) is 13.0. The fraction of sp³-hybridized carbons (Fsp3) is 0.533. The lowest BCUT2D eigenvalue weighted by Gasteiger charge is -2.34. The first-order valence-electron chi connectivity index (χ1n) is 7.28. The van der Waals surface area contributed by atoms with E-state index in [1.807, 2.05) is 29.2 Å². The van der Waals surface area contributed by atoms with Gasteiger partial charge in [-0.1, -0.05) is 6.08 Å². The average Bonchev–Trinajstić information content (AvgIpc) is 2.93. The van der Waals surface area contributed by atoms with Crippen LogP contribution in [0.5, 0.6) is 5.88 Å². The van der Waals surface area contributed by atoms with Crippen molar-refractivity contribution in [2.75, 3.05) is 26.3 Å². The van der Waals surface area contributed by atoms with Crippen molar-refractivity contribution in [1.82, 2.24) is 15.0 Å². The van der Waals surface area contributed by atoms with Crippen LogP contribution in [-0.2, 0) is 0 Å². The molecular formula is C15H20F3N3O2. The van der Waals surface area contributed by atoms with Crippen LogP contribution in [0.4, 0.5) is 13.2 Å². The lowest BCUT2D eigenvalue weighted by atomic mass is 10.1. The van der Waals surface area contributed by atoms with Gasteiger partial charge in [-0.2, -0.15) is 13.2 Å². The first-order valence-corrected chi connectivity index (χ1v) is 7.28. The van der Waals surface area contributed by atoms with Crippen LogP contribution in [0.3, 0.4) is 0 Å². The first-order chi connectivity index (χ1) is 10.8. The molecule has 0 saturated carbocycles. The SMILES string of the molecule is Cc1cc(C(C)N2CC=CN2CCO)cnc1OCC(F)(F)F. The van der Waals surface area contributed by atoms with Gasteiger partial charge >= 0.3 is 6.18 Å². The van der Waals surface area contributed by atoms with Crippen molar-refractivity contribution in [3.63, 3.8) is 0 Å². The maximum atomic E-state index is 12.2. The molecule has 0 aromatic carbocycles. The Labute approximate surface area is 132 Å². The van der Waals surface area contributed by atoms with Crippen molar-refractivity contribution >= 4 is 0 Å². The van der Waals surface area contributed by atoms with Gasteiger partial charge in [0.1, 0.15) is 0 Å². The Hall–Kier alpha value is -1.80. The van der Waals surface area contributed by atoms with Crippen LogP contribution >= 0.6 is 0 Å². The number of β-amino-alcohol motifs (C(OH)–C–C–N with tert-alkyl or cyclic N) is 1. The molecule has 0 spiro atoms. The van der Waals surface area contributed by atoms with E-state index in [2.05, 4.69) is 4.98 Å². The van der Waals surface area contributed by atoms with E-state index in [0.29, 0.717) is 18.7 Å². The van der Waals surface area contributed by atoms with Gasteiger partial charge in [-0.05, 0) is 25.5 Å². The number of aliphatic hydroxyl groups excluding tert-OH is 1. The van der Waals surface area contributed by atoms with E-state index in [9.17, 15) is 13.2 Å². The van der Waals surface area contributed by atoms with Crippen molar-refractivity contribution in [2.45, 2.75) is 26.1 Å². The number of nitrogens with zero attached hydrogens (tertiary/aromatic N) is 3. The van der Waals surface area contributed by atoms with Gasteiger partial charge in [0.2, 0.25) is 5.88 Å². The lowest BCUT2D eigenvalue weighted by Crippen LogP contribution is -2.38. The number of hydrazine groups is 1. The van der Waals surface area contributed by atoms with Gasteiger partial charge in [0, 0.05) is 24.5 Å². The summed E-state index contributed by atoms with van der Waals surface area (Å²) < 4.78 is 41.3. The molecule has 1 atom stereocenters. The fourth-order valence-electron chi connectivity index (χ4n) is 2.44. The van der Waals surface area contributed by atoms with Gasteiger partial charge in [0.15, 0.2) is 6.61 Å². The molecule has 0 bridgehead atoms. The third-order valence-corrected chi connectivity index (χ3v) is 3.58. The minimum Gasteiger partial charge on any atom is -0.468 e. The van der Waals surface area contributed by atoms with Crippen molar-refractivity contribution in [1.29, 1.82) is 0 Å². The quantitative estimate of drug-likeness (QED) is 0.868. The van der Waals surface area contributed by atoms with E-state index in [-0.39, 0.29) is 18.5 Å². The van der Waals surface area contributed by atoms with E-state index >= 15 is 0 Å². The molecule has 0 aliphatic carbocycles. The average molecular weight is 331 g/mol. The van der Waals surface area contributed by atoms with Crippen LogP contribution in [0.15, 0.2) is 24.5 Å². The number of alkyl halides is 3. The summed E-state index contributed by atoms with van der Waals surface area (Å²) in [5.74, 6) is -0.00923. The standard InChI is InChI=1S/C15H20F3N3O2/c1-11-8-13(9-19-14(11)23-10-15(16,17)18)12(2)21-5-3-4-20(21)6-7-22/h3-4,8-9,12,22H,5-7,10H2,1-2H3. The highest BCUT2D eigenvalue weighted by atomic mass is 19.4. The molecule has 0 radical (unpaired) electrons. The third kappa shape index (κ3) is 4.59. The van der Waals surface area contributed by atoms with Crippen LogP contribution < -0.4 is 4.74 Å². The monoisotopic (exact) mass is 331 g/mol. The van der Waals surface area contributed by atoms with Crippen molar-refractivity contribution in [2.24, 2.45) is 0 Å². The van der Waals surface area contributed by atoms with E-state index in [1.54, 1.807) is 13.0 Å². The summed E-state index contributed by atoms with van der Waals surface area (Å²) in [5.41, 5.74) is 1.42. The summed E-state index contributed by atoms with van der Waals surface area (Å²) in [6, 6.07) is 1.75. The lowest BCUT2D eigenvalue weighted by molar-refractivity contribution is -0.154. The Balaban J connectivity index is 2.07. The van der Waals surface area contributed by atoms with Gasteiger partial charge < -0.3 is 14.9 Å². The summed E-state index contributed by atoms with van der Waals surface area (Å²) in [5, 5.41) is 13.0. The Kier molecular flexibility index (Phi) is 5.48.